The molecule has 1 aromatic heterocycles. The Morgan fingerprint density at radius 3 is 2.33 bits per heavy atom. The number of H-pyrrole nitrogens is 1. The smallest absolute Gasteiger partial charge is 0.399 e. The van der Waals surface area contributed by atoms with Crippen LogP contribution in [0.2, 0.25) is 0 Å². The Hall–Kier alpha value is -3.88. The van der Waals surface area contributed by atoms with Crippen LogP contribution < -0.4 is 11.5 Å². The second-order valence-electron chi connectivity index (χ2n) is 6.65. The molecule has 30 heavy (non-hydrogen) atoms. The number of carbonyl (C=O) groups excluding carboxylic acids is 1. The molecule has 0 saturated heterocycles. The van der Waals surface area contributed by atoms with Crippen molar-refractivity contribution in [2.45, 2.75) is 6.18 Å². The molecular formula is C21H14F4N4O. The maximum Gasteiger partial charge on any atom is 0.417 e. The van der Waals surface area contributed by atoms with Crippen LogP contribution in [0.15, 0.2) is 54.6 Å². The lowest BCUT2D eigenvalue weighted by Crippen LogP contribution is -2.11. The van der Waals surface area contributed by atoms with E-state index in [4.69, 9.17) is 11.5 Å². The molecule has 5 N–H and O–H groups in total. The third kappa shape index (κ3) is 3.34. The predicted octanol–water partition coefficient (Wildman–Crippen LogP) is 4.74. The number of benzene rings is 3. The van der Waals surface area contributed by atoms with Crippen molar-refractivity contribution in [2.24, 2.45) is 5.73 Å². The highest BCUT2D eigenvalue weighted by atomic mass is 19.4. The van der Waals surface area contributed by atoms with E-state index < -0.39 is 29.0 Å². The molecule has 0 atom stereocenters. The van der Waals surface area contributed by atoms with Crippen molar-refractivity contribution in [3.63, 3.8) is 0 Å². The molecule has 0 unspecified atom stereocenters. The van der Waals surface area contributed by atoms with Gasteiger partial charge in [-0.05, 0) is 47.5 Å². The summed E-state index contributed by atoms with van der Waals surface area (Å²) in [5, 5.41) is 0. The summed E-state index contributed by atoms with van der Waals surface area (Å²) < 4.78 is 54.6. The Morgan fingerprint density at radius 2 is 1.70 bits per heavy atom. The first-order valence-corrected chi connectivity index (χ1v) is 8.70. The number of nitrogen functional groups attached to an aromatic ring is 1. The number of nitrogens with two attached hydrogens (primary N) is 2. The summed E-state index contributed by atoms with van der Waals surface area (Å²) in [6.07, 6.45) is -4.79. The SMILES string of the molecule is NC(=O)c1cc(-c2ccc(N)cc2)cc2[nH]c(-c3c(F)cccc3C(F)(F)F)nc12. The van der Waals surface area contributed by atoms with E-state index in [0.717, 1.165) is 18.2 Å². The third-order valence-corrected chi connectivity index (χ3v) is 4.65. The predicted molar refractivity (Wildman–Crippen MR) is 105 cm³/mol. The van der Waals surface area contributed by atoms with Gasteiger partial charge in [0.1, 0.15) is 17.2 Å². The highest BCUT2D eigenvalue weighted by Crippen LogP contribution is 2.38. The van der Waals surface area contributed by atoms with E-state index in [2.05, 4.69) is 9.97 Å². The molecular weight excluding hydrogens is 400 g/mol. The molecule has 0 radical (unpaired) electrons. The fraction of sp³-hybridized carbons (Fsp3) is 0.0476. The van der Waals surface area contributed by atoms with E-state index in [0.29, 0.717) is 16.8 Å². The standard InChI is InChI=1S/C21H14F4N4O/c22-15-3-1-2-14(21(23,24)25)17(15)20-28-16-9-11(10-4-6-12(26)7-5-10)8-13(19(27)30)18(16)29-20/h1-9H,26H2,(H2,27,30)(H,28,29). The first kappa shape index (κ1) is 19.4. The number of aromatic nitrogens is 2. The minimum Gasteiger partial charge on any atom is -0.399 e. The van der Waals surface area contributed by atoms with Crippen molar-refractivity contribution in [1.29, 1.82) is 0 Å². The average molecular weight is 414 g/mol. The maximum atomic E-state index is 14.4. The van der Waals surface area contributed by atoms with Gasteiger partial charge in [0.2, 0.25) is 0 Å². The molecule has 9 heteroatoms. The summed E-state index contributed by atoms with van der Waals surface area (Å²) in [5.41, 5.74) is 11.3. The number of nitrogens with zero attached hydrogens (tertiary/aromatic N) is 1. The highest BCUT2D eigenvalue weighted by Gasteiger charge is 2.36. The van der Waals surface area contributed by atoms with E-state index in [1.807, 2.05) is 0 Å². The van der Waals surface area contributed by atoms with E-state index in [9.17, 15) is 22.4 Å². The number of imidazole rings is 1. The molecule has 0 spiro atoms. The van der Waals surface area contributed by atoms with E-state index in [-0.39, 0.29) is 22.4 Å². The van der Waals surface area contributed by atoms with Crippen molar-refractivity contribution >= 4 is 22.6 Å². The van der Waals surface area contributed by atoms with Crippen LogP contribution in [-0.2, 0) is 6.18 Å². The number of nitrogens with one attached hydrogen (secondary N) is 1. The van der Waals surface area contributed by atoms with Crippen molar-refractivity contribution in [3.8, 4) is 22.5 Å². The first-order chi connectivity index (χ1) is 14.1. The zero-order valence-corrected chi connectivity index (χ0v) is 15.2. The minimum absolute atomic E-state index is 0.00766. The van der Waals surface area contributed by atoms with Crippen molar-refractivity contribution < 1.29 is 22.4 Å². The molecule has 0 aliphatic carbocycles. The zero-order chi connectivity index (χ0) is 21.6. The van der Waals surface area contributed by atoms with Gasteiger partial charge >= 0.3 is 6.18 Å². The number of anilines is 1. The lowest BCUT2D eigenvalue weighted by Gasteiger charge is -2.11. The molecule has 0 aliphatic rings. The zero-order valence-electron chi connectivity index (χ0n) is 15.2. The van der Waals surface area contributed by atoms with Crippen LogP contribution in [0, 0.1) is 5.82 Å². The monoisotopic (exact) mass is 414 g/mol. The van der Waals surface area contributed by atoms with Crippen LogP contribution in [-0.4, -0.2) is 15.9 Å². The van der Waals surface area contributed by atoms with Crippen LogP contribution in [0.25, 0.3) is 33.5 Å². The third-order valence-electron chi connectivity index (χ3n) is 4.65. The highest BCUT2D eigenvalue weighted by molar-refractivity contribution is 6.06. The van der Waals surface area contributed by atoms with Crippen molar-refractivity contribution in [3.05, 3.63) is 71.5 Å². The van der Waals surface area contributed by atoms with Gasteiger partial charge < -0.3 is 16.5 Å². The number of aromatic amines is 1. The number of hydrogen-bond acceptors (Lipinski definition) is 3. The fourth-order valence-electron chi connectivity index (χ4n) is 3.27. The van der Waals surface area contributed by atoms with Gasteiger partial charge in [-0.15, -0.1) is 0 Å². The van der Waals surface area contributed by atoms with Gasteiger partial charge in [-0.25, -0.2) is 9.37 Å². The molecule has 0 bridgehead atoms. The number of rotatable bonds is 3. The molecule has 3 aromatic carbocycles. The van der Waals surface area contributed by atoms with Gasteiger partial charge in [0.15, 0.2) is 0 Å². The minimum atomic E-state index is -4.79. The Bertz CT molecular complexity index is 1280. The summed E-state index contributed by atoms with van der Waals surface area (Å²) in [7, 11) is 0. The fourth-order valence-corrected chi connectivity index (χ4v) is 3.27. The van der Waals surface area contributed by atoms with E-state index >= 15 is 0 Å². The molecule has 1 heterocycles. The van der Waals surface area contributed by atoms with E-state index in [1.165, 1.54) is 6.07 Å². The second-order valence-corrected chi connectivity index (χ2v) is 6.65. The average Bonchev–Trinajstić information content (AvgIpc) is 3.10. The van der Waals surface area contributed by atoms with Gasteiger partial charge in [-0.3, -0.25) is 4.79 Å². The van der Waals surface area contributed by atoms with Gasteiger partial charge in [-0.2, -0.15) is 13.2 Å². The molecule has 0 aliphatic heterocycles. The van der Waals surface area contributed by atoms with Crippen molar-refractivity contribution in [1.82, 2.24) is 9.97 Å². The second kappa shape index (κ2) is 6.87. The summed E-state index contributed by atoms with van der Waals surface area (Å²) in [6.45, 7) is 0. The molecule has 5 nitrogen and oxygen atoms in total. The number of carbonyl (C=O) groups is 1. The lowest BCUT2D eigenvalue weighted by molar-refractivity contribution is -0.137. The Kier molecular flexibility index (Phi) is 4.45. The summed E-state index contributed by atoms with van der Waals surface area (Å²) in [5.74, 6) is -2.27. The molecule has 1 amide bonds. The van der Waals surface area contributed by atoms with Gasteiger partial charge in [0.25, 0.3) is 5.91 Å². The van der Waals surface area contributed by atoms with Crippen LogP contribution >= 0.6 is 0 Å². The summed E-state index contributed by atoms with van der Waals surface area (Å²) in [4.78, 5) is 18.8. The lowest BCUT2D eigenvalue weighted by atomic mass is 10.0. The molecule has 0 fully saturated rings. The van der Waals surface area contributed by atoms with E-state index in [1.54, 1.807) is 30.3 Å². The number of alkyl halides is 3. The molecule has 4 rings (SSSR count). The largest absolute Gasteiger partial charge is 0.417 e. The topological polar surface area (TPSA) is 97.8 Å². The Balaban J connectivity index is 1.97. The maximum absolute atomic E-state index is 14.4. The van der Waals surface area contributed by atoms with Crippen LogP contribution in [0.3, 0.4) is 0 Å². The number of halogens is 4. The molecule has 4 aromatic rings. The first-order valence-electron chi connectivity index (χ1n) is 8.70. The summed E-state index contributed by atoms with van der Waals surface area (Å²) in [6, 6.07) is 12.5. The van der Waals surface area contributed by atoms with Gasteiger partial charge in [0, 0.05) is 5.69 Å². The Morgan fingerprint density at radius 1 is 1.00 bits per heavy atom. The molecule has 152 valence electrons. The van der Waals surface area contributed by atoms with Crippen LogP contribution in [0.4, 0.5) is 23.2 Å². The summed E-state index contributed by atoms with van der Waals surface area (Å²) >= 11 is 0. The van der Waals surface area contributed by atoms with Crippen LogP contribution in [0.1, 0.15) is 15.9 Å². The number of hydrogen-bond donors (Lipinski definition) is 3. The van der Waals surface area contributed by atoms with Crippen LogP contribution in [0.5, 0.6) is 0 Å². The Labute approximate surface area is 167 Å². The van der Waals surface area contributed by atoms with Crippen molar-refractivity contribution in [2.75, 3.05) is 5.73 Å². The van der Waals surface area contributed by atoms with Gasteiger partial charge in [0.05, 0.1) is 22.2 Å². The number of primary amides is 1. The number of fused-ring (bicyclic) bond motifs is 1. The number of amides is 1. The quantitative estimate of drug-likeness (QED) is 0.334. The van der Waals surface area contributed by atoms with Gasteiger partial charge in [-0.1, -0.05) is 18.2 Å². The molecule has 0 saturated carbocycles. The normalized spacial score (nSPS) is 11.7.